The quantitative estimate of drug-likeness (QED) is 0.0422. The van der Waals surface area contributed by atoms with Crippen molar-refractivity contribution in [2.45, 2.75) is 95.8 Å². The van der Waals surface area contributed by atoms with Crippen LogP contribution >= 0.6 is 7.92 Å². The van der Waals surface area contributed by atoms with E-state index in [9.17, 15) is 0 Å². The maximum absolute atomic E-state index is 2.45. The molecule has 0 amide bonds. The molecule has 0 N–H and O–H groups in total. The molecule has 0 heterocycles. The number of rotatable bonds is 20. The van der Waals surface area contributed by atoms with E-state index in [4.69, 9.17) is 0 Å². The lowest BCUT2D eigenvalue weighted by atomic mass is 9.63. The summed E-state index contributed by atoms with van der Waals surface area (Å²) >= 11 is 0. The summed E-state index contributed by atoms with van der Waals surface area (Å²) in [7, 11) is -0.854. The number of unbranched alkanes of at least 4 members (excludes halogenated alkanes) is 11. The fourth-order valence-corrected chi connectivity index (χ4v) is 10.7. The fourth-order valence-electron chi connectivity index (χ4n) is 8.15. The van der Waals surface area contributed by atoms with Gasteiger partial charge in [0.05, 0.1) is 5.41 Å². The standard InChI is InChI=1S/C51H57P/c1-2-3-4-5-6-7-8-9-10-11-12-18-30-43-31-29-42-49(52(47-38-25-16-26-39-47)48-40-27-17-28-41-48)50(43)51(44-32-19-13-20-33-44,45-34-21-14-22-35-45)46-36-23-15-24-37-46/h13-17,19-29,31-42H,2-12,18,30H2,1H3. The summed E-state index contributed by atoms with van der Waals surface area (Å²) in [5.74, 6) is 0. The molecule has 266 valence electrons. The molecule has 6 aromatic rings. The molecule has 0 atom stereocenters. The Morgan fingerprint density at radius 2 is 0.731 bits per heavy atom. The van der Waals surface area contributed by atoms with Crippen LogP contribution in [0.5, 0.6) is 0 Å². The first-order valence-corrected chi connectivity index (χ1v) is 21.4. The van der Waals surface area contributed by atoms with Crippen molar-refractivity contribution in [3.63, 3.8) is 0 Å². The van der Waals surface area contributed by atoms with Gasteiger partial charge in [-0.05, 0) is 64.5 Å². The number of aryl methyl sites for hydroxylation is 1. The highest BCUT2D eigenvalue weighted by Gasteiger charge is 2.42. The molecule has 0 spiro atoms. The molecule has 6 rings (SSSR count). The Labute approximate surface area is 316 Å². The molecule has 0 saturated heterocycles. The van der Waals surface area contributed by atoms with E-state index >= 15 is 0 Å². The maximum Gasteiger partial charge on any atom is 0.0710 e. The molecular weight excluding hydrogens is 644 g/mol. The summed E-state index contributed by atoms with van der Waals surface area (Å²) < 4.78 is 0. The molecule has 0 bridgehead atoms. The fraction of sp³-hybridized carbons (Fsp3) is 0.294. The van der Waals surface area contributed by atoms with Crippen molar-refractivity contribution in [3.8, 4) is 0 Å². The van der Waals surface area contributed by atoms with Crippen LogP contribution in [0.15, 0.2) is 170 Å². The molecule has 6 aromatic carbocycles. The number of benzene rings is 6. The smallest absolute Gasteiger partial charge is 0.0654 e. The van der Waals surface area contributed by atoms with Gasteiger partial charge in [-0.15, -0.1) is 0 Å². The van der Waals surface area contributed by atoms with Crippen LogP contribution in [-0.2, 0) is 11.8 Å². The van der Waals surface area contributed by atoms with E-state index in [0.717, 1.165) is 6.42 Å². The van der Waals surface area contributed by atoms with E-state index in [1.54, 1.807) is 0 Å². The highest BCUT2D eigenvalue weighted by molar-refractivity contribution is 7.80. The number of hydrogen-bond acceptors (Lipinski definition) is 0. The molecule has 1 heteroatoms. The highest BCUT2D eigenvalue weighted by atomic mass is 31.1. The zero-order valence-electron chi connectivity index (χ0n) is 31.3. The second-order valence-corrected chi connectivity index (χ2v) is 16.5. The van der Waals surface area contributed by atoms with Crippen molar-refractivity contribution < 1.29 is 0 Å². The second kappa shape index (κ2) is 20.1. The monoisotopic (exact) mass is 700 g/mol. The third-order valence-electron chi connectivity index (χ3n) is 10.7. The van der Waals surface area contributed by atoms with E-state index < -0.39 is 13.3 Å². The topological polar surface area (TPSA) is 0 Å². The van der Waals surface area contributed by atoms with Crippen molar-refractivity contribution in [3.05, 3.63) is 198 Å². The molecule has 0 fully saturated rings. The van der Waals surface area contributed by atoms with Gasteiger partial charge in [-0.2, -0.15) is 0 Å². The first-order chi connectivity index (χ1) is 25.8. The first-order valence-electron chi connectivity index (χ1n) is 20.0. The summed E-state index contributed by atoms with van der Waals surface area (Å²) in [5, 5.41) is 4.21. The predicted molar refractivity (Wildman–Crippen MR) is 228 cm³/mol. The van der Waals surface area contributed by atoms with Crippen LogP contribution in [0.3, 0.4) is 0 Å². The molecule has 0 aliphatic heterocycles. The average molecular weight is 701 g/mol. The summed E-state index contributed by atoms with van der Waals surface area (Å²) in [5.41, 5.74) is 6.36. The molecule has 0 nitrogen and oxygen atoms in total. The molecule has 0 radical (unpaired) electrons. The molecule has 0 aliphatic rings. The third-order valence-corrected chi connectivity index (χ3v) is 13.2. The van der Waals surface area contributed by atoms with E-state index in [2.05, 4.69) is 177 Å². The van der Waals surface area contributed by atoms with Gasteiger partial charge in [-0.3, -0.25) is 0 Å². The van der Waals surface area contributed by atoms with Gasteiger partial charge in [0, 0.05) is 0 Å². The molecule has 0 aromatic heterocycles. The zero-order valence-corrected chi connectivity index (χ0v) is 32.2. The summed E-state index contributed by atoms with van der Waals surface area (Å²) in [6, 6.07) is 63.7. The Morgan fingerprint density at radius 1 is 0.365 bits per heavy atom. The Morgan fingerprint density at radius 3 is 1.13 bits per heavy atom. The number of hydrogen-bond donors (Lipinski definition) is 0. The van der Waals surface area contributed by atoms with Crippen LogP contribution in [0.4, 0.5) is 0 Å². The minimum Gasteiger partial charge on any atom is -0.0654 e. The van der Waals surface area contributed by atoms with Crippen molar-refractivity contribution in [2.75, 3.05) is 0 Å². The Balaban J connectivity index is 1.44. The highest BCUT2D eigenvalue weighted by Crippen LogP contribution is 2.49. The van der Waals surface area contributed by atoms with Crippen LogP contribution in [0, 0.1) is 0 Å². The second-order valence-electron chi connectivity index (χ2n) is 14.3. The van der Waals surface area contributed by atoms with Gasteiger partial charge in [0.2, 0.25) is 0 Å². The lowest BCUT2D eigenvalue weighted by molar-refractivity contribution is 0.543. The van der Waals surface area contributed by atoms with E-state index in [1.807, 2.05) is 0 Å². The van der Waals surface area contributed by atoms with E-state index in [1.165, 1.54) is 121 Å². The summed E-state index contributed by atoms with van der Waals surface area (Å²) in [6.07, 6.45) is 17.4. The lowest BCUT2D eigenvalue weighted by Crippen LogP contribution is -2.38. The van der Waals surface area contributed by atoms with Crippen molar-refractivity contribution >= 4 is 23.8 Å². The van der Waals surface area contributed by atoms with Crippen LogP contribution in [-0.4, -0.2) is 0 Å². The zero-order chi connectivity index (χ0) is 35.7. The van der Waals surface area contributed by atoms with Crippen LogP contribution < -0.4 is 15.9 Å². The van der Waals surface area contributed by atoms with E-state index in [0.29, 0.717) is 0 Å². The average Bonchev–Trinajstić information content (AvgIpc) is 3.21. The van der Waals surface area contributed by atoms with Crippen molar-refractivity contribution in [1.29, 1.82) is 0 Å². The van der Waals surface area contributed by atoms with Gasteiger partial charge in [0.15, 0.2) is 0 Å². The van der Waals surface area contributed by atoms with Crippen LogP contribution in [0.25, 0.3) is 0 Å². The third kappa shape index (κ3) is 9.21. The van der Waals surface area contributed by atoms with Crippen LogP contribution in [0.1, 0.15) is 112 Å². The van der Waals surface area contributed by atoms with Gasteiger partial charge in [0.25, 0.3) is 0 Å². The maximum atomic E-state index is 2.45. The largest absolute Gasteiger partial charge is 0.0710 e. The van der Waals surface area contributed by atoms with Gasteiger partial charge in [-0.1, -0.05) is 247 Å². The molecule has 52 heavy (non-hydrogen) atoms. The van der Waals surface area contributed by atoms with Gasteiger partial charge < -0.3 is 0 Å². The van der Waals surface area contributed by atoms with Crippen LogP contribution in [0.2, 0.25) is 0 Å². The van der Waals surface area contributed by atoms with Crippen molar-refractivity contribution in [1.82, 2.24) is 0 Å². The Kier molecular flexibility index (Phi) is 14.5. The molecule has 0 unspecified atom stereocenters. The first kappa shape index (κ1) is 37.5. The summed E-state index contributed by atoms with van der Waals surface area (Å²) in [4.78, 5) is 0. The summed E-state index contributed by atoms with van der Waals surface area (Å²) in [6.45, 7) is 2.30. The molecule has 0 saturated carbocycles. The van der Waals surface area contributed by atoms with Crippen molar-refractivity contribution in [2.24, 2.45) is 0 Å². The van der Waals surface area contributed by atoms with Gasteiger partial charge in [0.1, 0.15) is 0 Å². The minimum atomic E-state index is -0.854. The predicted octanol–water partition coefficient (Wildman–Crippen LogP) is 13.1. The van der Waals surface area contributed by atoms with E-state index in [-0.39, 0.29) is 0 Å². The SMILES string of the molecule is CCCCCCCCCCCCCCc1cccc(P(c2ccccc2)c2ccccc2)c1C(c1ccccc1)(c1ccccc1)c1ccccc1. The Bertz CT molecular complexity index is 1710. The van der Waals surface area contributed by atoms with Gasteiger partial charge >= 0.3 is 0 Å². The molecular formula is C51H57P. The lowest BCUT2D eigenvalue weighted by Gasteiger charge is -2.41. The minimum absolute atomic E-state index is 0.503. The Hall–Kier alpha value is -4.25. The molecule has 0 aliphatic carbocycles. The normalized spacial score (nSPS) is 11.6. The van der Waals surface area contributed by atoms with Gasteiger partial charge in [-0.25, -0.2) is 0 Å².